The van der Waals surface area contributed by atoms with Crippen LogP contribution in [0.4, 0.5) is 5.69 Å². The van der Waals surface area contributed by atoms with Gasteiger partial charge in [-0.25, -0.2) is 0 Å². The van der Waals surface area contributed by atoms with E-state index in [0.29, 0.717) is 18.0 Å². The van der Waals surface area contributed by atoms with Crippen LogP contribution in [-0.2, 0) is 25.7 Å². The maximum absolute atomic E-state index is 14.0. The number of carbonyl (C=O) groups excluding carboxylic acids is 3. The number of hydrogen-bond acceptors (Lipinski definition) is 6. The Bertz CT molecular complexity index is 1210. The first-order valence-corrected chi connectivity index (χ1v) is 13.8. The average molecular weight is 522 g/mol. The highest BCUT2D eigenvalue weighted by Gasteiger charge is 2.72. The summed E-state index contributed by atoms with van der Waals surface area (Å²) in [5, 5.41) is 8.12. The van der Waals surface area contributed by atoms with E-state index < -0.39 is 29.6 Å². The quantitative estimate of drug-likeness (QED) is 0.544. The molecule has 37 heavy (non-hydrogen) atoms. The van der Waals surface area contributed by atoms with Gasteiger partial charge in [0.25, 0.3) is 0 Å². The van der Waals surface area contributed by atoms with Gasteiger partial charge in [0.1, 0.15) is 17.4 Å². The molecule has 1 spiro atoms. The Balaban J connectivity index is 1.29. The van der Waals surface area contributed by atoms with Crippen LogP contribution in [0.1, 0.15) is 37.0 Å². The molecular weight excluding hydrogens is 490 g/mol. The van der Waals surface area contributed by atoms with Crippen molar-refractivity contribution >= 4 is 34.7 Å². The molecule has 4 aliphatic rings. The minimum absolute atomic E-state index is 0.104. The molecule has 5 atom stereocenters. The Morgan fingerprint density at radius 1 is 1.14 bits per heavy atom. The van der Waals surface area contributed by atoms with Crippen molar-refractivity contribution in [3.63, 3.8) is 0 Å². The summed E-state index contributed by atoms with van der Waals surface area (Å²) in [6, 6.07) is 10.2. The molecule has 2 saturated heterocycles. The molecule has 8 nitrogen and oxygen atoms in total. The topological polar surface area (TPSA) is 97.0 Å². The lowest BCUT2D eigenvalue weighted by atomic mass is 9.74. The van der Waals surface area contributed by atoms with E-state index in [-0.39, 0.29) is 23.8 Å². The number of carbonyl (C=O) groups is 3. The van der Waals surface area contributed by atoms with E-state index >= 15 is 0 Å². The number of anilines is 1. The first kappa shape index (κ1) is 24.2. The molecule has 1 aromatic carbocycles. The van der Waals surface area contributed by atoms with Gasteiger partial charge >= 0.3 is 0 Å². The monoisotopic (exact) mass is 521 g/mol. The minimum atomic E-state index is -1.15. The van der Waals surface area contributed by atoms with Gasteiger partial charge in [-0.2, -0.15) is 0 Å². The first-order chi connectivity index (χ1) is 18.0. The maximum atomic E-state index is 14.0. The van der Waals surface area contributed by atoms with Crippen molar-refractivity contribution in [1.82, 2.24) is 10.2 Å². The zero-order valence-electron chi connectivity index (χ0n) is 20.7. The van der Waals surface area contributed by atoms with Crippen molar-refractivity contribution in [1.29, 1.82) is 0 Å². The number of ether oxygens (including phenoxy) is 2. The van der Waals surface area contributed by atoms with Crippen LogP contribution in [0, 0.1) is 11.8 Å². The van der Waals surface area contributed by atoms with Crippen molar-refractivity contribution in [3.8, 4) is 5.75 Å². The molecule has 2 N–H and O–H groups in total. The molecule has 1 aliphatic carbocycles. The molecule has 2 bridgehead atoms. The minimum Gasteiger partial charge on any atom is -0.497 e. The van der Waals surface area contributed by atoms with Gasteiger partial charge in [-0.1, -0.05) is 37.5 Å². The van der Waals surface area contributed by atoms with E-state index in [1.807, 2.05) is 29.7 Å². The highest BCUT2D eigenvalue weighted by molar-refractivity contribution is 7.09. The van der Waals surface area contributed by atoms with E-state index in [4.69, 9.17) is 9.47 Å². The molecule has 6 rings (SSSR count). The number of likely N-dealkylation sites (tertiary alicyclic amines) is 1. The summed E-state index contributed by atoms with van der Waals surface area (Å²) in [5.74, 6) is -1.49. The summed E-state index contributed by atoms with van der Waals surface area (Å²) in [5.41, 5.74) is -0.543. The summed E-state index contributed by atoms with van der Waals surface area (Å²) in [4.78, 5) is 44.0. The number of benzene rings is 1. The Labute approximate surface area is 220 Å². The highest BCUT2D eigenvalue weighted by atomic mass is 32.1. The second-order valence-corrected chi connectivity index (χ2v) is 11.3. The summed E-state index contributed by atoms with van der Waals surface area (Å²) < 4.78 is 11.6. The summed E-state index contributed by atoms with van der Waals surface area (Å²) in [7, 11) is 1.58. The van der Waals surface area contributed by atoms with E-state index in [1.165, 1.54) is 6.42 Å². The first-order valence-electron chi connectivity index (χ1n) is 13.0. The van der Waals surface area contributed by atoms with Gasteiger partial charge in [-0.15, -0.1) is 11.3 Å². The van der Waals surface area contributed by atoms with Gasteiger partial charge in [0.05, 0.1) is 31.6 Å². The fourth-order valence-corrected chi connectivity index (χ4v) is 7.14. The largest absolute Gasteiger partial charge is 0.497 e. The third-order valence-corrected chi connectivity index (χ3v) is 9.00. The molecule has 1 aromatic heterocycles. The van der Waals surface area contributed by atoms with Crippen LogP contribution < -0.4 is 15.4 Å². The third-order valence-electron chi connectivity index (χ3n) is 8.14. The number of rotatable bonds is 7. The van der Waals surface area contributed by atoms with Gasteiger partial charge in [0, 0.05) is 16.6 Å². The lowest BCUT2D eigenvalue weighted by Gasteiger charge is -2.34. The van der Waals surface area contributed by atoms with E-state index in [9.17, 15) is 14.4 Å². The lowest BCUT2D eigenvalue weighted by molar-refractivity contribution is -0.142. The SMILES string of the molecule is COc1ccc(NC(=O)[C@@H]2[C@H]3C=C[C@@]4(O3)[C@H]2C(=O)N(Cc2cccs2)[C@@H]4C(=O)NC2CCCCC2)cc1. The van der Waals surface area contributed by atoms with Crippen molar-refractivity contribution in [3.05, 3.63) is 58.8 Å². The van der Waals surface area contributed by atoms with Crippen molar-refractivity contribution in [2.24, 2.45) is 11.8 Å². The molecular formula is C28H31N3O5S. The van der Waals surface area contributed by atoms with Gasteiger partial charge in [-0.05, 0) is 48.6 Å². The van der Waals surface area contributed by atoms with Gasteiger partial charge in [0.15, 0.2) is 0 Å². The molecule has 3 amide bonds. The second kappa shape index (κ2) is 9.61. The van der Waals surface area contributed by atoms with Gasteiger partial charge in [-0.3, -0.25) is 14.4 Å². The number of fused-ring (bicyclic) bond motifs is 1. The van der Waals surface area contributed by atoms with E-state index in [0.717, 1.165) is 30.6 Å². The van der Waals surface area contributed by atoms with Crippen molar-refractivity contribution in [2.75, 3.05) is 12.4 Å². The molecule has 3 fully saturated rings. The number of amides is 3. The summed E-state index contributed by atoms with van der Waals surface area (Å²) >= 11 is 1.54. The van der Waals surface area contributed by atoms with Crippen LogP contribution in [-0.4, -0.2) is 53.5 Å². The summed E-state index contributed by atoms with van der Waals surface area (Å²) in [6.07, 6.45) is 8.40. The van der Waals surface area contributed by atoms with Crippen LogP contribution in [0.25, 0.3) is 0 Å². The standard InChI is InChI=1S/C28H31N3O5S/c1-35-19-11-9-18(10-12-19)29-25(32)22-21-13-14-28(36-21)23(22)27(34)31(16-20-8-5-15-37-20)24(28)26(33)30-17-6-3-2-4-7-17/h5,8-15,17,21-24H,2-4,6-7,16H2,1H3,(H,29,32)(H,30,33)/t21-,22-,23-,24-,28-/m1/s1. The Hall–Kier alpha value is -3.17. The fraction of sp³-hybridized carbons (Fsp3) is 0.464. The van der Waals surface area contributed by atoms with Crippen molar-refractivity contribution < 1.29 is 23.9 Å². The Kier molecular flexibility index (Phi) is 6.28. The number of thiophene rings is 1. The predicted molar refractivity (Wildman–Crippen MR) is 139 cm³/mol. The third kappa shape index (κ3) is 4.14. The molecule has 2 aromatic rings. The van der Waals surface area contributed by atoms with Crippen LogP contribution in [0.5, 0.6) is 5.75 Å². The fourth-order valence-electron chi connectivity index (χ4n) is 6.44. The molecule has 0 radical (unpaired) electrons. The molecule has 1 saturated carbocycles. The second-order valence-electron chi connectivity index (χ2n) is 10.3. The van der Waals surface area contributed by atoms with Gasteiger partial charge < -0.3 is 25.0 Å². The molecule has 9 heteroatoms. The van der Waals surface area contributed by atoms with Crippen LogP contribution in [0.15, 0.2) is 53.9 Å². The van der Waals surface area contributed by atoms with Gasteiger partial charge in [0.2, 0.25) is 17.7 Å². The van der Waals surface area contributed by atoms with Crippen molar-refractivity contribution in [2.45, 2.75) is 62.4 Å². The summed E-state index contributed by atoms with van der Waals surface area (Å²) in [6.45, 7) is 0.312. The van der Waals surface area contributed by atoms with Crippen LogP contribution in [0.3, 0.4) is 0 Å². The zero-order chi connectivity index (χ0) is 25.6. The lowest BCUT2D eigenvalue weighted by Crippen LogP contribution is -2.56. The van der Waals surface area contributed by atoms with Crippen LogP contribution in [0.2, 0.25) is 0 Å². The average Bonchev–Trinajstić information content (AvgIpc) is 3.68. The Morgan fingerprint density at radius 3 is 2.62 bits per heavy atom. The maximum Gasteiger partial charge on any atom is 0.246 e. The predicted octanol–water partition coefficient (Wildman–Crippen LogP) is 3.49. The molecule has 4 heterocycles. The normalized spacial score (nSPS) is 30.4. The molecule has 3 aliphatic heterocycles. The Morgan fingerprint density at radius 2 is 1.92 bits per heavy atom. The number of nitrogens with one attached hydrogen (secondary N) is 2. The van der Waals surface area contributed by atoms with Crippen LogP contribution >= 0.6 is 11.3 Å². The van der Waals surface area contributed by atoms with E-state index in [2.05, 4.69) is 10.6 Å². The van der Waals surface area contributed by atoms with E-state index in [1.54, 1.807) is 47.6 Å². The highest BCUT2D eigenvalue weighted by Crippen LogP contribution is 2.55. The molecule has 194 valence electrons. The molecule has 0 unspecified atom stereocenters. The number of nitrogens with zero attached hydrogens (tertiary/aromatic N) is 1. The zero-order valence-corrected chi connectivity index (χ0v) is 21.5. The number of methoxy groups -OCH3 is 1. The smallest absolute Gasteiger partial charge is 0.246 e. The number of hydrogen-bond donors (Lipinski definition) is 2.